The Kier molecular flexibility index (Phi) is 4.74. The first kappa shape index (κ1) is 20.4. The Morgan fingerprint density at radius 1 is 0.812 bits per heavy atom. The molecule has 3 heteroatoms. The third-order valence-electron chi connectivity index (χ3n) is 6.30. The Balaban J connectivity index is 1.63. The Labute approximate surface area is 202 Å². The van der Waals surface area contributed by atoms with Crippen LogP contribution in [0.3, 0.4) is 0 Å². The first-order valence-corrected chi connectivity index (χ1v) is 14.3. The van der Waals surface area contributed by atoms with E-state index in [1.807, 2.05) is 17.5 Å². The van der Waals surface area contributed by atoms with Gasteiger partial charge in [-0.2, -0.15) is 0 Å². The molecular formula is C29H25NSTe. The van der Waals surface area contributed by atoms with Gasteiger partial charge in [0.2, 0.25) is 0 Å². The summed E-state index contributed by atoms with van der Waals surface area (Å²) in [5.74, 6) is 0. The standard InChI is InChI=1S/C29H25NSTe/c1-17-18(16-29(2,3)4)12-13-20-21-14-15-30-25(27(21)31-26(17)20)23-10-7-9-22-19-8-5-6-11-24(19)32-28(22)23/h5-15H,16H2,1-4H3. The summed E-state index contributed by atoms with van der Waals surface area (Å²) in [7, 11) is 0. The van der Waals surface area contributed by atoms with Gasteiger partial charge in [0.05, 0.1) is 0 Å². The number of benzene rings is 3. The summed E-state index contributed by atoms with van der Waals surface area (Å²) >= 11 is 1.53. The van der Waals surface area contributed by atoms with Crippen LogP contribution in [-0.4, -0.2) is 25.4 Å². The van der Waals surface area contributed by atoms with E-state index in [0.717, 1.165) is 12.1 Å². The van der Waals surface area contributed by atoms with E-state index in [1.54, 1.807) is 6.80 Å². The number of nitrogens with zero attached hydrogens (tertiary/aromatic N) is 1. The van der Waals surface area contributed by atoms with Gasteiger partial charge in [-0.15, -0.1) is 0 Å². The van der Waals surface area contributed by atoms with E-state index in [0.29, 0.717) is 0 Å². The molecule has 0 atom stereocenters. The normalized spacial score (nSPS) is 12.5. The molecule has 0 bridgehead atoms. The van der Waals surface area contributed by atoms with Crippen molar-refractivity contribution in [3.63, 3.8) is 0 Å². The summed E-state index contributed by atoms with van der Waals surface area (Å²) in [6.07, 6.45) is 3.11. The summed E-state index contributed by atoms with van der Waals surface area (Å²) in [5.41, 5.74) is 5.69. The number of rotatable bonds is 2. The Bertz CT molecular complexity index is 1650. The molecule has 3 aromatic carbocycles. The van der Waals surface area contributed by atoms with Crippen molar-refractivity contribution in [1.82, 2.24) is 4.98 Å². The van der Waals surface area contributed by atoms with E-state index in [1.165, 1.54) is 47.6 Å². The van der Waals surface area contributed by atoms with E-state index >= 15 is 0 Å². The number of hydrogen-bond acceptors (Lipinski definition) is 2. The molecule has 0 saturated carbocycles. The Morgan fingerprint density at radius 3 is 2.44 bits per heavy atom. The molecule has 0 N–H and O–H groups in total. The molecule has 0 saturated heterocycles. The molecule has 3 aromatic heterocycles. The number of fused-ring (bicyclic) bond motifs is 6. The second-order valence-corrected chi connectivity index (χ2v) is 13.9. The van der Waals surface area contributed by atoms with Crippen molar-refractivity contribution in [2.45, 2.75) is 34.1 Å². The maximum absolute atomic E-state index is 4.96. The number of aryl methyl sites for hydroxylation is 1. The van der Waals surface area contributed by atoms with E-state index in [4.69, 9.17) is 4.98 Å². The van der Waals surface area contributed by atoms with Gasteiger partial charge in [-0.1, -0.05) is 0 Å². The van der Waals surface area contributed by atoms with Crippen LogP contribution in [0.4, 0.5) is 0 Å². The molecule has 3 heterocycles. The zero-order valence-electron chi connectivity index (χ0n) is 18.8. The van der Waals surface area contributed by atoms with E-state index in [2.05, 4.69) is 88.4 Å². The summed E-state index contributed by atoms with van der Waals surface area (Å²) in [6.45, 7) is 9.26. The zero-order valence-corrected chi connectivity index (χ0v) is 22.0. The van der Waals surface area contributed by atoms with Crippen LogP contribution in [0.25, 0.3) is 49.0 Å². The average molecular weight is 547 g/mol. The van der Waals surface area contributed by atoms with Crippen LogP contribution in [0.5, 0.6) is 0 Å². The van der Waals surface area contributed by atoms with Crippen molar-refractivity contribution in [3.8, 4) is 11.3 Å². The van der Waals surface area contributed by atoms with Gasteiger partial charge in [-0.05, 0) is 0 Å². The molecule has 1 nitrogen and oxygen atoms in total. The minimum atomic E-state index is -0.402. The third-order valence-corrected chi connectivity index (χ3v) is 11.1. The molecular weight excluding hydrogens is 522 g/mol. The second-order valence-electron chi connectivity index (χ2n) is 9.88. The predicted octanol–water partition coefficient (Wildman–Crippen LogP) is 8.38. The molecule has 0 aliphatic carbocycles. The number of thiophene rings is 1. The molecule has 0 unspecified atom stereocenters. The molecule has 6 aromatic rings. The van der Waals surface area contributed by atoms with Crippen LogP contribution >= 0.6 is 11.3 Å². The van der Waals surface area contributed by atoms with E-state index < -0.39 is 20.4 Å². The zero-order chi connectivity index (χ0) is 22.0. The van der Waals surface area contributed by atoms with Crippen molar-refractivity contribution >= 4 is 69.5 Å². The van der Waals surface area contributed by atoms with Gasteiger partial charge in [-0.25, -0.2) is 0 Å². The quantitative estimate of drug-likeness (QED) is 0.199. The fourth-order valence-corrected chi connectivity index (χ4v) is 9.63. The molecule has 0 aliphatic rings. The molecule has 0 spiro atoms. The van der Waals surface area contributed by atoms with Crippen LogP contribution in [-0.2, 0) is 6.42 Å². The average Bonchev–Trinajstić information content (AvgIpc) is 3.34. The Morgan fingerprint density at radius 2 is 1.59 bits per heavy atom. The fourth-order valence-electron chi connectivity index (χ4n) is 4.83. The Hall–Kier alpha value is -2.18. The van der Waals surface area contributed by atoms with Crippen molar-refractivity contribution in [2.75, 3.05) is 0 Å². The van der Waals surface area contributed by atoms with Gasteiger partial charge in [0.15, 0.2) is 0 Å². The number of aromatic nitrogens is 1. The van der Waals surface area contributed by atoms with Gasteiger partial charge in [0.25, 0.3) is 0 Å². The van der Waals surface area contributed by atoms with Crippen molar-refractivity contribution < 1.29 is 0 Å². The number of hydrogen-bond donors (Lipinski definition) is 0. The molecule has 0 radical (unpaired) electrons. The van der Waals surface area contributed by atoms with E-state index in [9.17, 15) is 0 Å². The fraction of sp³-hybridized carbons (Fsp3) is 0.207. The van der Waals surface area contributed by atoms with Crippen LogP contribution < -0.4 is 0 Å². The van der Waals surface area contributed by atoms with Gasteiger partial charge in [-0.3, -0.25) is 0 Å². The topological polar surface area (TPSA) is 12.9 Å². The molecule has 0 aliphatic heterocycles. The van der Waals surface area contributed by atoms with Crippen molar-refractivity contribution in [3.05, 3.63) is 78.0 Å². The first-order valence-electron chi connectivity index (χ1n) is 11.1. The summed E-state index contributed by atoms with van der Waals surface area (Å²) in [5, 5.41) is 5.56. The second kappa shape index (κ2) is 7.42. The van der Waals surface area contributed by atoms with Gasteiger partial charge in [0, 0.05) is 0 Å². The van der Waals surface area contributed by atoms with Crippen molar-refractivity contribution in [1.29, 1.82) is 0 Å². The maximum atomic E-state index is 4.96. The third kappa shape index (κ3) is 3.22. The summed E-state index contributed by atoms with van der Waals surface area (Å²) in [6, 6.07) is 22.6. The van der Waals surface area contributed by atoms with Crippen LogP contribution in [0.15, 0.2) is 66.9 Å². The van der Waals surface area contributed by atoms with Crippen molar-refractivity contribution in [2.24, 2.45) is 5.41 Å². The van der Waals surface area contributed by atoms with Gasteiger partial charge < -0.3 is 0 Å². The first-order chi connectivity index (χ1) is 15.4. The van der Waals surface area contributed by atoms with Gasteiger partial charge in [0.1, 0.15) is 0 Å². The van der Waals surface area contributed by atoms with Crippen LogP contribution in [0.1, 0.15) is 31.9 Å². The summed E-state index contributed by atoms with van der Waals surface area (Å²) < 4.78 is 5.84. The van der Waals surface area contributed by atoms with Gasteiger partial charge >= 0.3 is 203 Å². The molecule has 6 rings (SSSR count). The summed E-state index contributed by atoms with van der Waals surface area (Å²) in [4.78, 5) is 4.96. The predicted molar refractivity (Wildman–Crippen MR) is 142 cm³/mol. The SMILES string of the molecule is Cc1c(CC(C)(C)C)ccc2c1sc1c(-c3cccc4c3[te]c3ccccc34)nccc12. The molecule has 0 amide bonds. The molecule has 32 heavy (non-hydrogen) atoms. The molecule has 0 fully saturated rings. The van der Waals surface area contributed by atoms with E-state index in [-0.39, 0.29) is 5.41 Å². The monoisotopic (exact) mass is 549 g/mol. The molecule has 158 valence electrons. The van der Waals surface area contributed by atoms with Crippen LogP contribution in [0, 0.1) is 12.3 Å². The minimum absolute atomic E-state index is 0.283. The van der Waals surface area contributed by atoms with Crippen LogP contribution in [0.2, 0.25) is 0 Å². The number of pyridine rings is 1.